The molecular formula is C34H29N5O3. The third kappa shape index (κ3) is 5.74. The first-order chi connectivity index (χ1) is 20.5. The van der Waals surface area contributed by atoms with Crippen molar-refractivity contribution in [1.29, 1.82) is 0 Å². The Bertz CT molecular complexity index is 1850. The summed E-state index contributed by atoms with van der Waals surface area (Å²) in [6.07, 6.45) is 10.6. The van der Waals surface area contributed by atoms with Crippen molar-refractivity contribution in [3.8, 4) is 28.0 Å². The molecule has 6 rings (SSSR count). The molecule has 1 fully saturated rings. The van der Waals surface area contributed by atoms with Gasteiger partial charge in [-0.25, -0.2) is 15.0 Å². The molecule has 2 amide bonds. The molecule has 0 atom stereocenters. The molecule has 1 aliphatic carbocycles. The molecule has 0 aliphatic heterocycles. The molecule has 0 spiro atoms. The van der Waals surface area contributed by atoms with Crippen LogP contribution in [0.1, 0.15) is 41.6 Å². The van der Waals surface area contributed by atoms with Crippen LogP contribution in [0.25, 0.3) is 33.2 Å². The number of nitrogens with one attached hydrogen (secondary N) is 2. The van der Waals surface area contributed by atoms with Gasteiger partial charge in [-0.3, -0.25) is 9.59 Å². The Morgan fingerprint density at radius 1 is 0.929 bits per heavy atom. The first-order valence-electron chi connectivity index (χ1n) is 13.8. The van der Waals surface area contributed by atoms with Gasteiger partial charge in [-0.2, -0.15) is 0 Å². The SMILES string of the molecule is C/C=C/C(=O)Nc1cccc(-c2cc(-c3ccc(C(=O)Nc4cc(C5CC5)ccn4)c(OC)c3)cc3cncnc23)c1. The Hall–Kier alpha value is -5.37. The van der Waals surface area contributed by atoms with Crippen molar-refractivity contribution in [3.63, 3.8) is 0 Å². The largest absolute Gasteiger partial charge is 0.496 e. The lowest BCUT2D eigenvalue weighted by atomic mass is 9.95. The topological polar surface area (TPSA) is 106 Å². The number of carbonyl (C=O) groups is 2. The van der Waals surface area contributed by atoms with Crippen molar-refractivity contribution >= 4 is 34.2 Å². The van der Waals surface area contributed by atoms with E-state index in [0.717, 1.165) is 33.2 Å². The van der Waals surface area contributed by atoms with Gasteiger partial charge in [0.15, 0.2) is 0 Å². The molecule has 42 heavy (non-hydrogen) atoms. The van der Waals surface area contributed by atoms with E-state index in [1.165, 1.54) is 30.8 Å². The highest BCUT2D eigenvalue weighted by Gasteiger charge is 2.24. The van der Waals surface area contributed by atoms with E-state index in [2.05, 4.69) is 25.6 Å². The average Bonchev–Trinajstić information content (AvgIpc) is 3.86. The molecule has 0 bridgehead atoms. The molecule has 2 heterocycles. The van der Waals surface area contributed by atoms with Gasteiger partial charge in [0.05, 0.1) is 18.2 Å². The maximum Gasteiger partial charge on any atom is 0.260 e. The van der Waals surface area contributed by atoms with E-state index in [0.29, 0.717) is 28.7 Å². The number of ether oxygens (including phenoxy) is 1. The first kappa shape index (κ1) is 26.8. The van der Waals surface area contributed by atoms with E-state index in [-0.39, 0.29) is 11.8 Å². The molecule has 5 aromatic rings. The molecule has 8 heteroatoms. The van der Waals surface area contributed by atoms with Crippen molar-refractivity contribution in [3.05, 3.63) is 109 Å². The highest BCUT2D eigenvalue weighted by atomic mass is 16.5. The maximum absolute atomic E-state index is 13.2. The van der Waals surface area contributed by atoms with Crippen LogP contribution >= 0.6 is 0 Å². The highest BCUT2D eigenvalue weighted by Crippen LogP contribution is 2.40. The van der Waals surface area contributed by atoms with Crippen molar-refractivity contribution in [2.24, 2.45) is 0 Å². The van der Waals surface area contributed by atoms with Gasteiger partial charge in [0.2, 0.25) is 5.91 Å². The molecule has 8 nitrogen and oxygen atoms in total. The number of anilines is 2. The summed E-state index contributed by atoms with van der Waals surface area (Å²) >= 11 is 0. The molecule has 2 N–H and O–H groups in total. The summed E-state index contributed by atoms with van der Waals surface area (Å²) in [6, 6.07) is 21.1. The zero-order chi connectivity index (χ0) is 29.1. The summed E-state index contributed by atoms with van der Waals surface area (Å²) in [6.45, 7) is 1.80. The predicted molar refractivity (Wildman–Crippen MR) is 165 cm³/mol. The number of allylic oxidation sites excluding steroid dienone is 1. The van der Waals surface area contributed by atoms with Gasteiger partial charge in [-0.05, 0) is 103 Å². The van der Waals surface area contributed by atoms with Gasteiger partial charge in [0.25, 0.3) is 5.91 Å². The second kappa shape index (κ2) is 11.6. The number of carbonyl (C=O) groups excluding carboxylic acids is 2. The van der Waals surface area contributed by atoms with Crippen LogP contribution in [0.4, 0.5) is 11.5 Å². The molecular weight excluding hydrogens is 526 g/mol. The van der Waals surface area contributed by atoms with E-state index in [1.807, 2.05) is 60.7 Å². The molecule has 0 radical (unpaired) electrons. The van der Waals surface area contributed by atoms with Crippen LogP contribution in [-0.4, -0.2) is 33.9 Å². The summed E-state index contributed by atoms with van der Waals surface area (Å²) in [4.78, 5) is 38.5. The van der Waals surface area contributed by atoms with E-state index < -0.39 is 0 Å². The van der Waals surface area contributed by atoms with Gasteiger partial charge in [0, 0.05) is 29.0 Å². The number of benzene rings is 3. The second-order valence-electron chi connectivity index (χ2n) is 10.2. The van der Waals surface area contributed by atoms with Crippen molar-refractivity contribution in [2.45, 2.75) is 25.7 Å². The smallest absolute Gasteiger partial charge is 0.260 e. The van der Waals surface area contributed by atoms with Crippen molar-refractivity contribution in [2.75, 3.05) is 17.7 Å². The lowest BCUT2D eigenvalue weighted by Crippen LogP contribution is -2.14. The Balaban J connectivity index is 1.34. The fourth-order valence-electron chi connectivity index (χ4n) is 5.02. The number of fused-ring (bicyclic) bond motifs is 1. The average molecular weight is 556 g/mol. The lowest BCUT2D eigenvalue weighted by molar-refractivity contribution is -0.111. The number of hydrogen-bond acceptors (Lipinski definition) is 6. The van der Waals surface area contributed by atoms with Crippen LogP contribution in [0, 0.1) is 0 Å². The number of rotatable bonds is 8. The van der Waals surface area contributed by atoms with E-state index >= 15 is 0 Å². The molecule has 2 aromatic heterocycles. The van der Waals surface area contributed by atoms with Crippen LogP contribution in [0.3, 0.4) is 0 Å². The van der Waals surface area contributed by atoms with Crippen molar-refractivity contribution < 1.29 is 14.3 Å². The predicted octanol–water partition coefficient (Wildman–Crippen LogP) is 7.01. The number of aromatic nitrogens is 3. The minimum absolute atomic E-state index is 0.196. The third-order valence-corrected chi connectivity index (χ3v) is 7.22. The molecule has 0 unspecified atom stereocenters. The monoisotopic (exact) mass is 555 g/mol. The Labute approximate surface area is 243 Å². The zero-order valence-corrected chi connectivity index (χ0v) is 23.3. The van der Waals surface area contributed by atoms with Gasteiger partial charge < -0.3 is 15.4 Å². The van der Waals surface area contributed by atoms with Crippen LogP contribution in [0.2, 0.25) is 0 Å². The van der Waals surface area contributed by atoms with Gasteiger partial charge in [-0.1, -0.05) is 24.3 Å². The van der Waals surface area contributed by atoms with Crippen LogP contribution in [0.15, 0.2) is 97.6 Å². The van der Waals surface area contributed by atoms with Crippen molar-refractivity contribution in [1.82, 2.24) is 15.0 Å². The molecule has 3 aromatic carbocycles. The number of amides is 2. The number of pyridine rings is 1. The van der Waals surface area contributed by atoms with Crippen LogP contribution in [-0.2, 0) is 4.79 Å². The fraction of sp³-hybridized carbons (Fsp3) is 0.147. The summed E-state index contributed by atoms with van der Waals surface area (Å²) in [5.41, 5.74) is 6.61. The minimum Gasteiger partial charge on any atom is -0.496 e. The Kier molecular flexibility index (Phi) is 7.43. The molecule has 1 aliphatic rings. The third-order valence-electron chi connectivity index (χ3n) is 7.22. The van der Waals surface area contributed by atoms with E-state index in [4.69, 9.17) is 4.74 Å². The summed E-state index contributed by atoms with van der Waals surface area (Å²) in [7, 11) is 1.55. The standard InChI is InChI=1S/C34H29N5O3/c1-3-5-32(40)38-27-7-4-6-24(15-27)29-16-25(14-26-19-35-20-37-33(26)29)22-10-11-28(30(17-22)42-2)34(41)39-31-18-23(12-13-36-31)21-8-9-21/h3-7,10-21H,8-9H2,1-2H3,(H,38,40)(H,36,39,41)/b5-3+. The van der Waals surface area contributed by atoms with E-state index in [9.17, 15) is 9.59 Å². The van der Waals surface area contributed by atoms with Gasteiger partial charge in [-0.15, -0.1) is 0 Å². The van der Waals surface area contributed by atoms with Crippen LogP contribution in [0.5, 0.6) is 5.75 Å². The minimum atomic E-state index is -0.289. The normalized spacial score (nSPS) is 12.8. The molecule has 208 valence electrons. The quantitative estimate of drug-likeness (QED) is 0.200. The maximum atomic E-state index is 13.2. The second-order valence-corrected chi connectivity index (χ2v) is 10.2. The summed E-state index contributed by atoms with van der Waals surface area (Å²) in [5, 5.41) is 6.66. The van der Waals surface area contributed by atoms with Gasteiger partial charge >= 0.3 is 0 Å². The van der Waals surface area contributed by atoms with Crippen LogP contribution < -0.4 is 15.4 Å². The molecule has 0 saturated heterocycles. The first-order valence-corrected chi connectivity index (χ1v) is 13.8. The van der Waals surface area contributed by atoms with Gasteiger partial charge in [0.1, 0.15) is 17.9 Å². The summed E-state index contributed by atoms with van der Waals surface area (Å²) < 4.78 is 5.66. The number of methoxy groups -OCH3 is 1. The fourth-order valence-corrected chi connectivity index (χ4v) is 5.02. The Morgan fingerprint density at radius 2 is 1.81 bits per heavy atom. The number of hydrogen-bond donors (Lipinski definition) is 2. The zero-order valence-electron chi connectivity index (χ0n) is 23.3. The Morgan fingerprint density at radius 3 is 2.62 bits per heavy atom. The summed E-state index contributed by atoms with van der Waals surface area (Å²) in [5.74, 6) is 1.05. The highest BCUT2D eigenvalue weighted by molar-refractivity contribution is 6.06. The lowest BCUT2D eigenvalue weighted by Gasteiger charge is -2.14. The molecule has 1 saturated carbocycles. The number of nitrogens with zero attached hydrogens (tertiary/aromatic N) is 3. The van der Waals surface area contributed by atoms with E-state index in [1.54, 1.807) is 38.6 Å².